The van der Waals surface area contributed by atoms with Crippen LogP contribution in [0.5, 0.6) is 23.0 Å². The molecule has 0 fully saturated rings. The highest BCUT2D eigenvalue weighted by atomic mass is 16.7. The molecular weight excluding hydrogens is 282 g/mol. The minimum Gasteiger partial charge on any atom is -0.504 e. The highest BCUT2D eigenvalue weighted by Crippen LogP contribution is 2.32. The standard InChI is InChI=1S/C17H19NO4/c1-20-15-4-2-3-13(17(15)19)10-18-8-7-12-5-6-14-16(9-12)22-11-21-14/h2-6,9,18-19H,7-8,10-11H2,1H3. The lowest BCUT2D eigenvalue weighted by molar-refractivity contribution is 0.174. The summed E-state index contributed by atoms with van der Waals surface area (Å²) in [7, 11) is 1.55. The molecule has 2 N–H and O–H groups in total. The monoisotopic (exact) mass is 301 g/mol. The highest BCUT2D eigenvalue weighted by molar-refractivity contribution is 5.45. The minimum absolute atomic E-state index is 0.195. The first-order valence-electron chi connectivity index (χ1n) is 7.22. The van der Waals surface area contributed by atoms with Gasteiger partial charge in [-0.3, -0.25) is 0 Å². The normalized spacial score (nSPS) is 12.4. The Bertz CT molecular complexity index is 657. The van der Waals surface area contributed by atoms with Crippen molar-refractivity contribution in [2.45, 2.75) is 13.0 Å². The largest absolute Gasteiger partial charge is 0.504 e. The topological polar surface area (TPSA) is 60.0 Å². The first kappa shape index (κ1) is 14.5. The van der Waals surface area contributed by atoms with Crippen LogP contribution in [0.4, 0.5) is 0 Å². The molecular formula is C17H19NO4. The van der Waals surface area contributed by atoms with Crippen LogP contribution in [-0.4, -0.2) is 25.6 Å². The lowest BCUT2D eigenvalue weighted by Crippen LogP contribution is -2.16. The van der Waals surface area contributed by atoms with Crippen molar-refractivity contribution in [1.82, 2.24) is 5.32 Å². The van der Waals surface area contributed by atoms with E-state index in [1.54, 1.807) is 13.2 Å². The van der Waals surface area contributed by atoms with Crippen molar-refractivity contribution < 1.29 is 19.3 Å². The molecule has 3 rings (SSSR count). The number of nitrogens with one attached hydrogen (secondary N) is 1. The van der Waals surface area contributed by atoms with Gasteiger partial charge in [-0.05, 0) is 36.7 Å². The second-order valence-corrected chi connectivity index (χ2v) is 5.08. The Labute approximate surface area is 129 Å². The van der Waals surface area contributed by atoms with E-state index in [1.807, 2.05) is 30.3 Å². The average Bonchev–Trinajstić information content (AvgIpc) is 3.00. The van der Waals surface area contributed by atoms with E-state index in [2.05, 4.69) is 5.32 Å². The van der Waals surface area contributed by atoms with Crippen molar-refractivity contribution in [3.63, 3.8) is 0 Å². The molecule has 0 amide bonds. The number of methoxy groups -OCH3 is 1. The zero-order chi connectivity index (χ0) is 15.4. The predicted molar refractivity (Wildman–Crippen MR) is 82.6 cm³/mol. The molecule has 5 nitrogen and oxygen atoms in total. The molecule has 1 aliphatic rings. The lowest BCUT2D eigenvalue weighted by atomic mass is 10.1. The van der Waals surface area contributed by atoms with Gasteiger partial charge in [-0.1, -0.05) is 18.2 Å². The maximum absolute atomic E-state index is 10.0. The zero-order valence-electron chi connectivity index (χ0n) is 12.5. The van der Waals surface area contributed by atoms with Gasteiger partial charge >= 0.3 is 0 Å². The van der Waals surface area contributed by atoms with E-state index in [4.69, 9.17) is 14.2 Å². The van der Waals surface area contributed by atoms with E-state index >= 15 is 0 Å². The molecule has 5 heteroatoms. The van der Waals surface area contributed by atoms with Gasteiger partial charge in [-0.2, -0.15) is 0 Å². The molecule has 0 saturated heterocycles. The Morgan fingerprint density at radius 2 is 2.05 bits per heavy atom. The van der Waals surface area contributed by atoms with Crippen LogP contribution in [-0.2, 0) is 13.0 Å². The first-order chi connectivity index (χ1) is 10.8. The van der Waals surface area contributed by atoms with Crippen LogP contribution in [0.1, 0.15) is 11.1 Å². The fourth-order valence-corrected chi connectivity index (χ4v) is 2.43. The van der Waals surface area contributed by atoms with Crippen molar-refractivity contribution >= 4 is 0 Å². The summed E-state index contributed by atoms with van der Waals surface area (Å²) in [5.41, 5.74) is 2.01. The molecule has 0 atom stereocenters. The second-order valence-electron chi connectivity index (χ2n) is 5.08. The smallest absolute Gasteiger partial charge is 0.231 e. The molecule has 1 aliphatic heterocycles. The first-order valence-corrected chi connectivity index (χ1v) is 7.22. The van der Waals surface area contributed by atoms with Gasteiger partial charge in [0.1, 0.15) is 0 Å². The van der Waals surface area contributed by atoms with Crippen molar-refractivity contribution in [2.24, 2.45) is 0 Å². The number of fused-ring (bicyclic) bond motifs is 1. The minimum atomic E-state index is 0.195. The molecule has 0 aliphatic carbocycles. The molecule has 0 aromatic heterocycles. The fourth-order valence-electron chi connectivity index (χ4n) is 2.43. The molecule has 0 radical (unpaired) electrons. The molecule has 2 aromatic rings. The van der Waals surface area contributed by atoms with E-state index in [0.29, 0.717) is 19.1 Å². The fraction of sp³-hybridized carbons (Fsp3) is 0.294. The third kappa shape index (κ3) is 3.09. The number of aromatic hydroxyl groups is 1. The Kier molecular flexibility index (Phi) is 4.34. The maximum atomic E-state index is 10.0. The third-order valence-electron chi connectivity index (χ3n) is 3.65. The lowest BCUT2D eigenvalue weighted by Gasteiger charge is -2.10. The number of hydrogen-bond acceptors (Lipinski definition) is 5. The number of hydrogen-bond donors (Lipinski definition) is 2. The Balaban J connectivity index is 1.52. The summed E-state index contributed by atoms with van der Waals surface area (Å²) in [5.74, 6) is 2.30. The molecule has 2 aromatic carbocycles. The molecule has 22 heavy (non-hydrogen) atoms. The van der Waals surface area contributed by atoms with Gasteiger partial charge in [0.25, 0.3) is 0 Å². The van der Waals surface area contributed by atoms with Gasteiger partial charge in [0, 0.05) is 12.1 Å². The summed E-state index contributed by atoms with van der Waals surface area (Å²) in [6.45, 7) is 1.69. The van der Waals surface area contributed by atoms with Gasteiger partial charge in [0.15, 0.2) is 23.0 Å². The van der Waals surface area contributed by atoms with E-state index < -0.39 is 0 Å². The van der Waals surface area contributed by atoms with Crippen LogP contribution < -0.4 is 19.5 Å². The van der Waals surface area contributed by atoms with Gasteiger partial charge in [-0.25, -0.2) is 0 Å². The van der Waals surface area contributed by atoms with Crippen molar-refractivity contribution in [3.8, 4) is 23.0 Å². The summed E-state index contributed by atoms with van der Waals surface area (Å²) < 4.78 is 15.8. The number of rotatable bonds is 6. The maximum Gasteiger partial charge on any atom is 0.231 e. The second kappa shape index (κ2) is 6.58. The quantitative estimate of drug-likeness (QED) is 0.803. The molecule has 0 unspecified atom stereocenters. The predicted octanol–water partition coefficient (Wildman–Crippen LogP) is 2.46. The zero-order valence-corrected chi connectivity index (χ0v) is 12.5. The van der Waals surface area contributed by atoms with Gasteiger partial charge in [-0.15, -0.1) is 0 Å². The van der Waals surface area contributed by atoms with Crippen LogP contribution >= 0.6 is 0 Å². The number of benzene rings is 2. The van der Waals surface area contributed by atoms with E-state index in [0.717, 1.165) is 30.0 Å². The highest BCUT2D eigenvalue weighted by Gasteiger charge is 2.13. The van der Waals surface area contributed by atoms with Gasteiger partial charge in [0.05, 0.1) is 7.11 Å². The van der Waals surface area contributed by atoms with Gasteiger partial charge < -0.3 is 24.6 Å². The molecule has 0 bridgehead atoms. The molecule has 116 valence electrons. The van der Waals surface area contributed by atoms with Crippen LogP contribution in [0.25, 0.3) is 0 Å². The van der Waals surface area contributed by atoms with Crippen LogP contribution in [0.15, 0.2) is 36.4 Å². The molecule has 0 spiro atoms. The number of phenols is 1. The van der Waals surface area contributed by atoms with Crippen molar-refractivity contribution in [3.05, 3.63) is 47.5 Å². The Morgan fingerprint density at radius 1 is 1.18 bits per heavy atom. The summed E-state index contributed by atoms with van der Waals surface area (Å²) in [6.07, 6.45) is 0.876. The Morgan fingerprint density at radius 3 is 2.91 bits per heavy atom. The number of para-hydroxylation sites is 1. The summed E-state index contributed by atoms with van der Waals surface area (Å²) in [6, 6.07) is 11.5. The summed E-state index contributed by atoms with van der Waals surface area (Å²) in [5, 5.41) is 13.3. The van der Waals surface area contributed by atoms with E-state index in [9.17, 15) is 5.11 Å². The SMILES string of the molecule is COc1cccc(CNCCc2ccc3c(c2)OCO3)c1O. The van der Waals surface area contributed by atoms with Gasteiger partial charge in [0.2, 0.25) is 6.79 Å². The Hall–Kier alpha value is -2.40. The number of ether oxygens (including phenoxy) is 3. The summed E-state index contributed by atoms with van der Waals surface area (Å²) >= 11 is 0. The van der Waals surface area contributed by atoms with Crippen LogP contribution in [0, 0.1) is 0 Å². The third-order valence-corrected chi connectivity index (χ3v) is 3.65. The van der Waals surface area contributed by atoms with Crippen LogP contribution in [0.3, 0.4) is 0 Å². The van der Waals surface area contributed by atoms with Crippen molar-refractivity contribution in [1.29, 1.82) is 0 Å². The van der Waals surface area contributed by atoms with E-state index in [-0.39, 0.29) is 5.75 Å². The molecule has 1 heterocycles. The van der Waals surface area contributed by atoms with E-state index in [1.165, 1.54) is 5.56 Å². The molecule has 0 saturated carbocycles. The summed E-state index contributed by atoms with van der Waals surface area (Å²) in [4.78, 5) is 0. The average molecular weight is 301 g/mol. The number of phenolic OH excluding ortho intramolecular Hbond substituents is 1. The van der Waals surface area contributed by atoms with Crippen LogP contribution in [0.2, 0.25) is 0 Å². The van der Waals surface area contributed by atoms with Crippen molar-refractivity contribution in [2.75, 3.05) is 20.4 Å².